The SMILES string of the molecule is CC1=NCCn2nc(-n3c(C)ccc3C)cc21.CC1c2cc(N)nn2CCN1C.CCO.CCc1c(-c2cc(Nc3cc4n(n3)CCN(C)C4C)c(=O)n(C)c2)ccnc1N1CCn2c(cc3c2CCCC3)C1=O.CO.Cc1ccc(C)n1-c1cc2n(n1)CCN(C)C2C.Cc1ccc(C)n1-c1cc2n(n1)CCNC2C.Cl.NO.[B].[H-].[Na+]. The second-order valence-corrected chi connectivity index (χ2v) is 30.1. The summed E-state index contributed by atoms with van der Waals surface area (Å²) in [4.78, 5) is 45.1. The van der Waals surface area contributed by atoms with Crippen LogP contribution in [0.4, 0.5) is 23.1 Å². The van der Waals surface area contributed by atoms with Crippen molar-refractivity contribution in [2.75, 3.05) is 90.1 Å². The summed E-state index contributed by atoms with van der Waals surface area (Å²) in [5.74, 6) is 8.60. The summed E-state index contributed by atoms with van der Waals surface area (Å²) in [7, 11) is 9.18. The van der Waals surface area contributed by atoms with Crippen molar-refractivity contribution in [1.82, 2.24) is 96.7 Å². The van der Waals surface area contributed by atoms with Crippen LogP contribution in [0.2, 0.25) is 0 Å². The van der Waals surface area contributed by atoms with Crippen LogP contribution in [0.5, 0.6) is 0 Å². The number of anilines is 4. The average molecular weight is 1620 g/mol. The van der Waals surface area contributed by atoms with Gasteiger partial charge in [0.15, 0.2) is 23.3 Å². The number of aryl methyl sites for hydroxylation is 8. The molecule has 33 heteroatoms. The van der Waals surface area contributed by atoms with Crippen LogP contribution in [0.1, 0.15) is 177 Å². The number of fused-ring (bicyclic) bond motifs is 8. The molecule has 7 aliphatic rings. The molecule has 30 nitrogen and oxygen atoms in total. The molecule has 1 amide bonds. The number of aliphatic imine (C=N–C) groups is 1. The first-order chi connectivity index (χ1) is 54.3. The Balaban J connectivity index is 0.000000212. The number of rotatable bonds is 8. The molecule has 0 aromatic carbocycles. The summed E-state index contributed by atoms with van der Waals surface area (Å²) in [6, 6.07) is 30.8. The molecule has 11 aromatic heterocycles. The zero-order chi connectivity index (χ0) is 81.4. The molecule has 17 heterocycles. The molecule has 11 aromatic rings. The molecule has 0 spiro atoms. The number of nitrogens with two attached hydrogens (primary N) is 2. The van der Waals surface area contributed by atoms with Gasteiger partial charge in [0.05, 0.1) is 73.4 Å². The molecule has 6 aliphatic heterocycles. The first-order valence-corrected chi connectivity index (χ1v) is 39.6. The first-order valence-electron chi connectivity index (χ1n) is 39.6. The number of hydrogen-bond donors (Lipinski definition) is 7. The molecule has 18 rings (SSSR count). The van der Waals surface area contributed by atoms with Gasteiger partial charge < -0.3 is 56.0 Å². The number of likely N-dealkylation sites (N-methyl/N-ethyl adjacent to an activating group) is 3. The molecule has 1 aliphatic carbocycles. The fourth-order valence-corrected chi connectivity index (χ4v) is 16.3. The molecule has 3 radical (unpaired) electrons. The minimum Gasteiger partial charge on any atom is -1.00 e. The molecule has 0 fully saturated rings. The van der Waals surface area contributed by atoms with Gasteiger partial charge in [0, 0.05) is 186 Å². The molecule has 0 bridgehead atoms. The third-order valence-electron chi connectivity index (χ3n) is 22.8. The monoisotopic (exact) mass is 1620 g/mol. The summed E-state index contributed by atoms with van der Waals surface area (Å²) in [6.07, 6.45) is 8.81. The van der Waals surface area contributed by atoms with Crippen molar-refractivity contribution in [2.24, 2.45) is 17.9 Å². The van der Waals surface area contributed by atoms with E-state index in [1.165, 1.54) is 75.3 Å². The maximum atomic E-state index is 13.8. The van der Waals surface area contributed by atoms with Crippen LogP contribution in [0.25, 0.3) is 28.6 Å². The number of nitrogen functional groups attached to an aromatic ring is 1. The molecule has 116 heavy (non-hydrogen) atoms. The number of carbonyl (C=O) groups is 1. The van der Waals surface area contributed by atoms with Crippen molar-refractivity contribution in [3.8, 4) is 28.6 Å². The predicted molar refractivity (Wildman–Crippen MR) is 460 cm³/mol. The van der Waals surface area contributed by atoms with Crippen LogP contribution in [0, 0.1) is 41.5 Å². The van der Waals surface area contributed by atoms with Gasteiger partial charge in [-0.2, -0.15) is 25.5 Å². The Kier molecular flexibility index (Phi) is 32.7. The van der Waals surface area contributed by atoms with Crippen LogP contribution in [0.15, 0.2) is 107 Å². The second-order valence-electron chi connectivity index (χ2n) is 30.1. The van der Waals surface area contributed by atoms with E-state index in [-0.39, 0.29) is 75.9 Å². The number of pyridine rings is 2. The third kappa shape index (κ3) is 19.6. The Morgan fingerprint density at radius 1 is 0.569 bits per heavy atom. The maximum absolute atomic E-state index is 13.8. The molecule has 0 saturated carbocycles. The fraction of sp³-hybridized carbons (Fsp3) is 0.482. The smallest absolute Gasteiger partial charge is 1.00 e. The largest absolute Gasteiger partial charge is 1.00 e. The van der Waals surface area contributed by atoms with Crippen molar-refractivity contribution in [3.05, 3.63) is 193 Å². The van der Waals surface area contributed by atoms with Gasteiger partial charge in [0.1, 0.15) is 23.0 Å². The number of halogens is 1. The van der Waals surface area contributed by atoms with E-state index in [9.17, 15) is 9.59 Å². The third-order valence-corrected chi connectivity index (χ3v) is 22.8. The molecule has 0 saturated heterocycles. The second kappa shape index (κ2) is 40.9. The van der Waals surface area contributed by atoms with E-state index in [0.29, 0.717) is 54.2 Å². The normalized spacial score (nSPS) is 17.6. The summed E-state index contributed by atoms with van der Waals surface area (Å²) < 4.78 is 20.8. The number of aliphatic hydroxyl groups is 2. The van der Waals surface area contributed by atoms with Crippen molar-refractivity contribution in [3.63, 3.8) is 0 Å². The minimum atomic E-state index is -0.127. The Bertz CT molecular complexity index is 5150. The Labute approximate surface area is 713 Å². The topological polar surface area (TPSA) is 323 Å². The number of nitrogens with zero attached hydrogens (tertiary/aromatic N) is 21. The Morgan fingerprint density at radius 3 is 1.59 bits per heavy atom. The minimum absolute atomic E-state index is 0. The predicted octanol–water partition coefficient (Wildman–Crippen LogP) is 7.23. The number of hydrogen-bond acceptors (Lipinski definition) is 19. The fourth-order valence-electron chi connectivity index (χ4n) is 16.3. The van der Waals surface area contributed by atoms with Gasteiger partial charge in [-0.1, -0.05) is 6.92 Å². The van der Waals surface area contributed by atoms with E-state index in [1.807, 2.05) is 51.6 Å². The molecule has 9 N–H and O–H groups in total. The number of carbonyl (C=O) groups excluding carboxylic acids is 1. The van der Waals surface area contributed by atoms with E-state index in [1.54, 1.807) is 24.7 Å². The number of aliphatic hydroxyl groups excluding tert-OH is 2. The van der Waals surface area contributed by atoms with Crippen LogP contribution in [-0.4, -0.2) is 201 Å². The molecule has 619 valence electrons. The molecule has 4 unspecified atom stereocenters. The van der Waals surface area contributed by atoms with Gasteiger partial charge in [-0.05, 0) is 202 Å². The molecular formula is C83H121BClN25NaO5. The van der Waals surface area contributed by atoms with Crippen molar-refractivity contribution in [1.29, 1.82) is 0 Å². The molecule has 4 atom stereocenters. The zero-order valence-corrected chi connectivity index (χ0v) is 74.3. The van der Waals surface area contributed by atoms with E-state index in [2.05, 4.69) is 237 Å². The van der Waals surface area contributed by atoms with E-state index in [4.69, 9.17) is 41.4 Å². The zero-order valence-electron chi connectivity index (χ0n) is 72.5. The van der Waals surface area contributed by atoms with Gasteiger partial charge in [0.2, 0.25) is 0 Å². The number of aromatic nitrogens is 16. The summed E-state index contributed by atoms with van der Waals surface area (Å²) >= 11 is 0. The van der Waals surface area contributed by atoms with Gasteiger partial charge in [0.25, 0.3) is 11.5 Å². The molecular weight excluding hydrogens is 1500 g/mol. The van der Waals surface area contributed by atoms with Crippen LogP contribution >= 0.6 is 12.4 Å². The van der Waals surface area contributed by atoms with Crippen LogP contribution in [-0.2, 0) is 65.6 Å². The van der Waals surface area contributed by atoms with Gasteiger partial charge in [-0.25, -0.2) is 10.9 Å². The van der Waals surface area contributed by atoms with Gasteiger partial charge in [-0.3, -0.25) is 57.6 Å². The Morgan fingerprint density at radius 2 is 1.05 bits per heavy atom. The number of nitrogens with one attached hydrogen (secondary N) is 2. The Hall–Kier alpha value is -8.96. The number of amides is 1. The summed E-state index contributed by atoms with van der Waals surface area (Å²) in [5, 5.41) is 50.9. The summed E-state index contributed by atoms with van der Waals surface area (Å²) in [5.41, 5.74) is 26.8. The van der Waals surface area contributed by atoms with Gasteiger partial charge in [-0.15, -0.1) is 12.4 Å². The van der Waals surface area contributed by atoms with Crippen molar-refractivity contribution < 1.29 is 51.2 Å². The van der Waals surface area contributed by atoms with E-state index in [0.717, 1.165) is 149 Å². The summed E-state index contributed by atoms with van der Waals surface area (Å²) in [6.45, 7) is 38.4. The van der Waals surface area contributed by atoms with Crippen LogP contribution < -0.4 is 62.3 Å². The van der Waals surface area contributed by atoms with Crippen molar-refractivity contribution >= 4 is 55.6 Å². The van der Waals surface area contributed by atoms with Crippen LogP contribution in [0.3, 0.4) is 0 Å². The quantitative estimate of drug-likeness (QED) is 0.0582. The van der Waals surface area contributed by atoms with E-state index >= 15 is 0 Å². The first kappa shape index (κ1) is 92.6. The van der Waals surface area contributed by atoms with Crippen molar-refractivity contribution in [2.45, 2.75) is 186 Å². The standard InChI is InChI=1S/C32H38N8O2.C14H20N4.C13H18N4.C13H16N4.C8H14N4.C2H6O.CH4O.B.ClH.H3NO.Na.H/c1-5-23-24(10-11-33-30(23)39-14-13-38-26-9-7-6-8-21(26)17-28(38)32(39)42)22-16-25(31(41)37(4)19-22)34-29-18-27-20(2)36(3)12-15-40(27)35-29;1-10-5-6-11(2)18(10)14-9-13-12(3)16(4)7-8-17(13)15-14;2*1-9-4-5-10(2)17(9)13-8-12-11(3)14-6-7-16(12)15-13;1-6-7-5-8(9)10-12(7)4-3-11(6)2;1-2-3;1-2;;;1-2;;/h10-11,16-20H,5-9,12-15H2,1-4H3,(H,34,35);5-6,9,12H,7-8H2,1-4H3;4-5,8,11,14H,6-7H2,1-3H3;4-5,8H,6-7H2,1-3H3;5-6H,3-4H2,1-2H3,(H2,9,10);3H,2H2,1H3;2H,1H3;;1H;2H,1H2;;/q;;;;;;;;;;+1;-1. The average Bonchev–Trinajstić information content (AvgIpc) is 1.76. The van der Waals surface area contributed by atoms with Gasteiger partial charge >= 0.3 is 29.6 Å². The van der Waals surface area contributed by atoms with E-state index < -0.39 is 0 Å². The maximum Gasteiger partial charge on any atom is 1.00 e.